The molecule has 0 spiro atoms. The maximum Gasteiger partial charge on any atom is 0.220 e. The predicted octanol–water partition coefficient (Wildman–Crippen LogP) is 15.6. The van der Waals surface area contributed by atoms with E-state index in [9.17, 15) is 20.1 Å². The Bertz CT molecular complexity index is 803. The average molecular weight is 806 g/mol. The molecular weight excluding hydrogens is 703 g/mol. The third-order valence-corrected chi connectivity index (χ3v) is 12.4. The number of aliphatic hydroxyl groups is 3. The molecule has 0 saturated carbocycles. The third-order valence-electron chi connectivity index (χ3n) is 12.4. The molecule has 57 heavy (non-hydrogen) atoms. The fourth-order valence-corrected chi connectivity index (χ4v) is 8.34. The maximum atomic E-state index is 12.5. The first kappa shape index (κ1) is 56.1. The minimum atomic E-state index is -1.15. The van der Waals surface area contributed by atoms with Gasteiger partial charge in [-0.15, -0.1) is 0 Å². The van der Waals surface area contributed by atoms with Crippen LogP contribution in [0.3, 0.4) is 0 Å². The number of nitrogens with one attached hydrogen (secondary N) is 1. The van der Waals surface area contributed by atoms with E-state index in [1.54, 1.807) is 0 Å². The molecule has 1 amide bonds. The summed E-state index contributed by atoms with van der Waals surface area (Å²) in [4.78, 5) is 12.5. The number of hydrogen-bond donors (Lipinski definition) is 4. The zero-order valence-electron chi connectivity index (χ0n) is 38.7. The SMILES string of the molecule is CCCCCCCCCCCCCC/C=C/CCCC(O)C(O)C(CO)NC(=O)CCCCCCCCCCCCCCCCCCCCCCCCCCCC. The smallest absolute Gasteiger partial charge is 0.220 e. The number of amides is 1. The van der Waals surface area contributed by atoms with Gasteiger partial charge in [-0.05, 0) is 38.5 Å². The van der Waals surface area contributed by atoms with E-state index >= 15 is 0 Å². The predicted molar refractivity (Wildman–Crippen MR) is 250 cm³/mol. The van der Waals surface area contributed by atoms with E-state index in [2.05, 4.69) is 31.3 Å². The van der Waals surface area contributed by atoms with E-state index in [1.165, 1.54) is 225 Å². The Morgan fingerprint density at radius 1 is 0.421 bits per heavy atom. The normalized spacial score (nSPS) is 13.4. The topological polar surface area (TPSA) is 89.8 Å². The molecule has 0 saturated heterocycles. The van der Waals surface area contributed by atoms with Gasteiger partial charge in [0, 0.05) is 6.42 Å². The van der Waals surface area contributed by atoms with E-state index in [1.807, 2.05) is 0 Å². The van der Waals surface area contributed by atoms with Gasteiger partial charge in [-0.25, -0.2) is 0 Å². The first-order valence-electron chi connectivity index (χ1n) is 26.0. The van der Waals surface area contributed by atoms with Gasteiger partial charge in [0.25, 0.3) is 0 Å². The van der Waals surface area contributed by atoms with Gasteiger partial charge in [-0.1, -0.05) is 257 Å². The van der Waals surface area contributed by atoms with E-state index in [0.29, 0.717) is 12.8 Å². The summed E-state index contributed by atoms with van der Waals surface area (Å²) >= 11 is 0. The molecule has 0 aliphatic rings. The lowest BCUT2D eigenvalue weighted by molar-refractivity contribution is -0.124. The van der Waals surface area contributed by atoms with Crippen molar-refractivity contribution in [2.75, 3.05) is 6.61 Å². The van der Waals surface area contributed by atoms with Crippen LogP contribution < -0.4 is 5.32 Å². The van der Waals surface area contributed by atoms with Crippen LogP contribution in [0.2, 0.25) is 0 Å². The van der Waals surface area contributed by atoms with Crippen molar-refractivity contribution in [1.82, 2.24) is 5.32 Å². The summed E-state index contributed by atoms with van der Waals surface area (Å²) < 4.78 is 0. The van der Waals surface area contributed by atoms with Crippen molar-refractivity contribution < 1.29 is 20.1 Å². The number of allylic oxidation sites excluding steroid dienone is 2. The summed E-state index contributed by atoms with van der Waals surface area (Å²) in [7, 11) is 0. The summed E-state index contributed by atoms with van der Waals surface area (Å²) in [5.41, 5.74) is 0. The lowest BCUT2D eigenvalue weighted by Gasteiger charge is -2.26. The standard InChI is InChI=1S/C52H103NO4/c1-3-5-7-9-11-13-15-17-19-21-22-23-24-25-26-27-28-29-31-33-35-37-39-41-43-45-47-51(56)53-49(48-54)52(57)50(55)46-44-42-40-38-36-34-32-30-20-18-16-14-12-10-8-6-4-2/h38,40,49-50,52,54-55,57H,3-37,39,41-48H2,1-2H3,(H,53,56)/b40-38+. The van der Waals surface area contributed by atoms with E-state index in [4.69, 9.17) is 0 Å². The quantitative estimate of drug-likeness (QED) is 0.0364. The molecule has 0 aromatic heterocycles. The molecule has 0 aromatic carbocycles. The van der Waals surface area contributed by atoms with Crippen molar-refractivity contribution in [2.45, 2.75) is 308 Å². The fraction of sp³-hybridized carbons (Fsp3) is 0.942. The van der Waals surface area contributed by atoms with Crippen LogP contribution in [0, 0.1) is 0 Å². The number of carbonyl (C=O) groups is 1. The first-order chi connectivity index (χ1) is 28.1. The third kappa shape index (κ3) is 43.0. The van der Waals surface area contributed by atoms with Crippen molar-refractivity contribution in [3.05, 3.63) is 12.2 Å². The molecule has 0 bridgehead atoms. The van der Waals surface area contributed by atoms with Crippen molar-refractivity contribution in [3.63, 3.8) is 0 Å². The Balaban J connectivity index is 3.54. The highest BCUT2D eigenvalue weighted by Gasteiger charge is 2.26. The lowest BCUT2D eigenvalue weighted by atomic mass is 10.0. The highest BCUT2D eigenvalue weighted by Crippen LogP contribution is 2.17. The molecule has 3 unspecified atom stereocenters. The maximum absolute atomic E-state index is 12.5. The summed E-state index contributed by atoms with van der Waals surface area (Å²) in [5, 5.41) is 33.6. The van der Waals surface area contributed by atoms with Crippen LogP contribution in [0.25, 0.3) is 0 Å². The number of hydrogen-bond acceptors (Lipinski definition) is 4. The molecule has 0 aliphatic carbocycles. The Morgan fingerprint density at radius 2 is 0.702 bits per heavy atom. The molecule has 0 aromatic rings. The Labute approximate surface area is 357 Å². The Hall–Kier alpha value is -0.910. The zero-order valence-corrected chi connectivity index (χ0v) is 38.7. The van der Waals surface area contributed by atoms with Crippen LogP contribution in [0.5, 0.6) is 0 Å². The molecule has 0 aliphatic heterocycles. The van der Waals surface area contributed by atoms with Crippen molar-refractivity contribution in [3.8, 4) is 0 Å². The second-order valence-electron chi connectivity index (χ2n) is 18.1. The number of aliphatic hydroxyl groups excluding tert-OH is 3. The van der Waals surface area contributed by atoms with Gasteiger partial charge in [0.15, 0.2) is 0 Å². The molecule has 4 N–H and O–H groups in total. The number of rotatable bonds is 48. The van der Waals surface area contributed by atoms with Crippen LogP contribution >= 0.6 is 0 Å². The fourth-order valence-electron chi connectivity index (χ4n) is 8.34. The second kappa shape index (κ2) is 47.8. The first-order valence-corrected chi connectivity index (χ1v) is 26.0. The second-order valence-corrected chi connectivity index (χ2v) is 18.1. The Morgan fingerprint density at radius 3 is 1.02 bits per heavy atom. The molecule has 340 valence electrons. The Kier molecular flexibility index (Phi) is 47.0. The summed E-state index contributed by atoms with van der Waals surface area (Å²) in [5.74, 6) is -0.148. The molecule has 5 nitrogen and oxygen atoms in total. The van der Waals surface area contributed by atoms with Gasteiger partial charge in [0.2, 0.25) is 5.91 Å². The van der Waals surface area contributed by atoms with E-state index in [0.717, 1.165) is 38.5 Å². The average Bonchev–Trinajstić information content (AvgIpc) is 3.22. The van der Waals surface area contributed by atoms with E-state index in [-0.39, 0.29) is 12.5 Å². The van der Waals surface area contributed by atoms with Gasteiger partial charge >= 0.3 is 0 Å². The van der Waals surface area contributed by atoms with Crippen molar-refractivity contribution in [1.29, 1.82) is 0 Å². The summed E-state index contributed by atoms with van der Waals surface area (Å²) in [6.45, 7) is 4.20. The van der Waals surface area contributed by atoms with Gasteiger partial charge in [0.1, 0.15) is 6.10 Å². The van der Waals surface area contributed by atoms with Crippen molar-refractivity contribution in [2.24, 2.45) is 0 Å². The molecular formula is C52H103NO4. The number of carbonyl (C=O) groups excluding carboxylic acids is 1. The van der Waals surface area contributed by atoms with E-state index < -0.39 is 18.2 Å². The van der Waals surface area contributed by atoms with Gasteiger partial charge < -0.3 is 20.6 Å². The van der Waals surface area contributed by atoms with Crippen molar-refractivity contribution >= 4 is 5.91 Å². The summed E-state index contributed by atoms with van der Waals surface area (Å²) in [6, 6.07) is -0.821. The minimum absolute atomic E-state index is 0.148. The lowest BCUT2D eigenvalue weighted by Crippen LogP contribution is -2.50. The van der Waals surface area contributed by atoms with Crippen LogP contribution in [0.4, 0.5) is 0 Å². The van der Waals surface area contributed by atoms with Crippen LogP contribution in [-0.2, 0) is 4.79 Å². The largest absolute Gasteiger partial charge is 0.394 e. The van der Waals surface area contributed by atoms with Crippen LogP contribution in [0.15, 0.2) is 12.2 Å². The van der Waals surface area contributed by atoms with Gasteiger partial charge in [0.05, 0.1) is 18.8 Å². The minimum Gasteiger partial charge on any atom is -0.394 e. The monoisotopic (exact) mass is 806 g/mol. The molecule has 0 heterocycles. The molecule has 0 rings (SSSR count). The highest BCUT2D eigenvalue weighted by atomic mass is 16.3. The molecule has 0 fully saturated rings. The van der Waals surface area contributed by atoms with Crippen LogP contribution in [-0.4, -0.2) is 46.1 Å². The van der Waals surface area contributed by atoms with Crippen LogP contribution in [0.1, 0.15) is 290 Å². The zero-order chi connectivity index (χ0) is 41.5. The summed E-state index contributed by atoms with van der Waals surface area (Å²) in [6.07, 6.45) is 57.8. The molecule has 5 heteroatoms. The number of unbranched alkanes of at least 4 members (excludes halogenated alkanes) is 38. The van der Waals surface area contributed by atoms with Gasteiger partial charge in [-0.3, -0.25) is 4.79 Å². The highest BCUT2D eigenvalue weighted by molar-refractivity contribution is 5.76. The molecule has 3 atom stereocenters. The molecule has 0 radical (unpaired) electrons. The van der Waals surface area contributed by atoms with Gasteiger partial charge in [-0.2, -0.15) is 0 Å².